The maximum atomic E-state index is 3.37. The van der Waals surface area contributed by atoms with Crippen LogP contribution in [0.15, 0.2) is 0 Å². The number of hydrogen-bond acceptors (Lipinski definition) is 2. The van der Waals surface area contributed by atoms with Gasteiger partial charge in [-0.3, -0.25) is 0 Å². The molecule has 1 N–H and O–H groups in total. The number of rotatable bonds is 10. The van der Waals surface area contributed by atoms with Gasteiger partial charge in [-0.25, -0.2) is 0 Å². The molecule has 0 aliphatic carbocycles. The normalized spacial score (nSPS) is 13.4. The van der Waals surface area contributed by atoms with E-state index in [1.54, 1.807) is 0 Å². The predicted molar refractivity (Wildman–Crippen MR) is 69.4 cm³/mol. The van der Waals surface area contributed by atoms with E-state index in [1.807, 2.05) is 0 Å². The summed E-state index contributed by atoms with van der Waals surface area (Å²) in [6.07, 6.45) is 6.65. The van der Waals surface area contributed by atoms with Crippen molar-refractivity contribution in [2.75, 3.05) is 26.7 Å². The van der Waals surface area contributed by atoms with E-state index in [4.69, 9.17) is 0 Å². The Hall–Kier alpha value is -0.0800. The van der Waals surface area contributed by atoms with Crippen LogP contribution in [0.1, 0.15) is 52.9 Å². The van der Waals surface area contributed by atoms with Gasteiger partial charge in [-0.15, -0.1) is 0 Å². The summed E-state index contributed by atoms with van der Waals surface area (Å²) in [5.74, 6) is 0. The van der Waals surface area contributed by atoms with Crippen molar-refractivity contribution in [3.63, 3.8) is 0 Å². The summed E-state index contributed by atoms with van der Waals surface area (Å²) in [6, 6.07) is 0.753. The van der Waals surface area contributed by atoms with Gasteiger partial charge >= 0.3 is 0 Å². The number of hydrogen-bond donors (Lipinski definition) is 1. The molecule has 1 unspecified atom stereocenters. The second kappa shape index (κ2) is 10.4. The molecule has 0 amide bonds. The number of unbranched alkanes of at least 4 members (excludes halogenated alkanes) is 2. The Morgan fingerprint density at radius 2 is 1.87 bits per heavy atom. The van der Waals surface area contributed by atoms with E-state index in [-0.39, 0.29) is 0 Å². The summed E-state index contributed by atoms with van der Waals surface area (Å²) in [6.45, 7) is 10.3. The molecule has 0 fully saturated rings. The summed E-state index contributed by atoms with van der Waals surface area (Å²) in [4.78, 5) is 2.50. The highest BCUT2D eigenvalue weighted by Gasteiger charge is 2.06. The SMILES string of the molecule is CCCC(C)N(C)CCCCCNCC. The first-order chi connectivity index (χ1) is 7.22. The monoisotopic (exact) mass is 214 g/mol. The fraction of sp³-hybridized carbons (Fsp3) is 1.00. The predicted octanol–water partition coefficient (Wildman–Crippen LogP) is 2.89. The molecule has 0 spiro atoms. The van der Waals surface area contributed by atoms with Gasteiger partial charge in [0.25, 0.3) is 0 Å². The van der Waals surface area contributed by atoms with Gasteiger partial charge in [-0.1, -0.05) is 26.7 Å². The smallest absolute Gasteiger partial charge is 0.00637 e. The highest BCUT2D eigenvalue weighted by Crippen LogP contribution is 2.05. The van der Waals surface area contributed by atoms with Crippen molar-refractivity contribution in [2.45, 2.75) is 58.9 Å². The lowest BCUT2D eigenvalue weighted by atomic mass is 10.1. The Morgan fingerprint density at radius 1 is 1.13 bits per heavy atom. The first-order valence-electron chi connectivity index (χ1n) is 6.63. The van der Waals surface area contributed by atoms with Crippen LogP contribution in [-0.4, -0.2) is 37.6 Å². The minimum atomic E-state index is 0.753. The molecule has 2 heteroatoms. The molecule has 0 aromatic heterocycles. The molecule has 15 heavy (non-hydrogen) atoms. The first kappa shape index (κ1) is 14.9. The summed E-state index contributed by atoms with van der Waals surface area (Å²) in [5, 5.41) is 3.37. The molecule has 0 saturated heterocycles. The lowest BCUT2D eigenvalue weighted by Crippen LogP contribution is -2.29. The quantitative estimate of drug-likeness (QED) is 0.563. The molecule has 0 aliphatic rings. The maximum absolute atomic E-state index is 3.37. The van der Waals surface area contributed by atoms with E-state index in [2.05, 4.69) is 38.0 Å². The van der Waals surface area contributed by atoms with Crippen LogP contribution in [0, 0.1) is 0 Å². The molecule has 2 nitrogen and oxygen atoms in total. The maximum Gasteiger partial charge on any atom is 0.00637 e. The molecule has 0 heterocycles. The molecule has 1 atom stereocenters. The zero-order chi connectivity index (χ0) is 11.5. The van der Waals surface area contributed by atoms with E-state index in [9.17, 15) is 0 Å². The van der Waals surface area contributed by atoms with E-state index < -0.39 is 0 Å². The molecule has 0 saturated carbocycles. The largest absolute Gasteiger partial charge is 0.317 e. The Balaban J connectivity index is 3.26. The van der Waals surface area contributed by atoms with Gasteiger partial charge in [0.05, 0.1) is 0 Å². The van der Waals surface area contributed by atoms with Crippen molar-refractivity contribution in [1.82, 2.24) is 10.2 Å². The van der Waals surface area contributed by atoms with Crippen LogP contribution >= 0.6 is 0 Å². The Kier molecular flexibility index (Phi) is 10.4. The van der Waals surface area contributed by atoms with Gasteiger partial charge in [0.1, 0.15) is 0 Å². The lowest BCUT2D eigenvalue weighted by molar-refractivity contribution is 0.239. The van der Waals surface area contributed by atoms with Gasteiger partial charge in [0, 0.05) is 6.04 Å². The third-order valence-corrected chi connectivity index (χ3v) is 3.07. The van der Waals surface area contributed by atoms with Crippen molar-refractivity contribution >= 4 is 0 Å². The second-order valence-electron chi connectivity index (χ2n) is 4.53. The third kappa shape index (κ3) is 8.88. The van der Waals surface area contributed by atoms with E-state index >= 15 is 0 Å². The Bertz CT molecular complexity index is 126. The minimum absolute atomic E-state index is 0.753. The van der Waals surface area contributed by atoms with E-state index in [0.717, 1.165) is 12.6 Å². The Labute approximate surface area is 96.4 Å². The van der Waals surface area contributed by atoms with Gasteiger partial charge in [-0.2, -0.15) is 0 Å². The van der Waals surface area contributed by atoms with Gasteiger partial charge < -0.3 is 10.2 Å². The van der Waals surface area contributed by atoms with Crippen molar-refractivity contribution in [2.24, 2.45) is 0 Å². The molecular formula is C13H30N2. The first-order valence-corrected chi connectivity index (χ1v) is 6.63. The van der Waals surface area contributed by atoms with Gasteiger partial charge in [0.15, 0.2) is 0 Å². The van der Waals surface area contributed by atoms with Gasteiger partial charge in [-0.05, 0) is 52.9 Å². The molecular weight excluding hydrogens is 184 g/mol. The van der Waals surface area contributed by atoms with Crippen LogP contribution in [0.2, 0.25) is 0 Å². The van der Waals surface area contributed by atoms with Crippen molar-refractivity contribution < 1.29 is 0 Å². The highest BCUT2D eigenvalue weighted by atomic mass is 15.1. The van der Waals surface area contributed by atoms with Crippen LogP contribution < -0.4 is 5.32 Å². The van der Waals surface area contributed by atoms with Crippen LogP contribution in [0.5, 0.6) is 0 Å². The topological polar surface area (TPSA) is 15.3 Å². The molecule has 0 aliphatic heterocycles. The van der Waals surface area contributed by atoms with Crippen molar-refractivity contribution in [3.05, 3.63) is 0 Å². The van der Waals surface area contributed by atoms with Crippen LogP contribution in [-0.2, 0) is 0 Å². The third-order valence-electron chi connectivity index (χ3n) is 3.07. The van der Waals surface area contributed by atoms with E-state index in [1.165, 1.54) is 45.2 Å². The molecule has 92 valence electrons. The highest BCUT2D eigenvalue weighted by molar-refractivity contribution is 4.62. The van der Waals surface area contributed by atoms with Crippen molar-refractivity contribution in [1.29, 1.82) is 0 Å². The van der Waals surface area contributed by atoms with Gasteiger partial charge in [0.2, 0.25) is 0 Å². The minimum Gasteiger partial charge on any atom is -0.317 e. The molecule has 0 aromatic rings. The summed E-state index contributed by atoms with van der Waals surface area (Å²) in [5.41, 5.74) is 0. The number of nitrogens with zero attached hydrogens (tertiary/aromatic N) is 1. The molecule has 0 aromatic carbocycles. The lowest BCUT2D eigenvalue weighted by Gasteiger charge is -2.24. The van der Waals surface area contributed by atoms with Crippen LogP contribution in [0.4, 0.5) is 0 Å². The van der Waals surface area contributed by atoms with Crippen molar-refractivity contribution in [3.8, 4) is 0 Å². The molecule has 0 bridgehead atoms. The zero-order valence-electron chi connectivity index (χ0n) is 11.2. The van der Waals surface area contributed by atoms with E-state index in [0.29, 0.717) is 0 Å². The number of nitrogens with one attached hydrogen (secondary N) is 1. The average Bonchev–Trinajstić information content (AvgIpc) is 2.23. The average molecular weight is 214 g/mol. The Morgan fingerprint density at radius 3 is 2.47 bits per heavy atom. The fourth-order valence-corrected chi connectivity index (χ4v) is 1.82. The molecule has 0 radical (unpaired) electrons. The summed E-state index contributed by atoms with van der Waals surface area (Å²) in [7, 11) is 2.25. The molecule has 0 rings (SSSR count). The fourth-order valence-electron chi connectivity index (χ4n) is 1.82. The summed E-state index contributed by atoms with van der Waals surface area (Å²) < 4.78 is 0. The van der Waals surface area contributed by atoms with Crippen LogP contribution in [0.25, 0.3) is 0 Å². The standard InChI is InChI=1S/C13H30N2/c1-5-10-13(3)15(4)12-9-7-8-11-14-6-2/h13-14H,5-12H2,1-4H3. The summed E-state index contributed by atoms with van der Waals surface area (Å²) >= 11 is 0. The van der Waals surface area contributed by atoms with Crippen LogP contribution in [0.3, 0.4) is 0 Å². The second-order valence-corrected chi connectivity index (χ2v) is 4.53. The zero-order valence-corrected chi connectivity index (χ0v) is 11.2.